The maximum Gasteiger partial charge on any atom is 0.101 e. The molecular formula is C11H10N2. The average molecular weight is 170 g/mol. The van der Waals surface area contributed by atoms with Crippen LogP contribution in [0.15, 0.2) is 30.5 Å². The van der Waals surface area contributed by atoms with Gasteiger partial charge in [0.25, 0.3) is 0 Å². The molecule has 0 aromatic heterocycles. The highest BCUT2D eigenvalue weighted by atomic mass is 14.9. The van der Waals surface area contributed by atoms with Crippen molar-refractivity contribution in [1.82, 2.24) is 5.32 Å². The fourth-order valence-electron chi connectivity index (χ4n) is 1.59. The Morgan fingerprint density at radius 3 is 2.92 bits per heavy atom. The van der Waals surface area contributed by atoms with Gasteiger partial charge in [-0.1, -0.05) is 24.3 Å². The van der Waals surface area contributed by atoms with E-state index in [1.54, 1.807) is 6.20 Å². The summed E-state index contributed by atoms with van der Waals surface area (Å²) in [6.07, 6.45) is 1.78. The summed E-state index contributed by atoms with van der Waals surface area (Å²) in [6.45, 7) is 2.09. The molecule has 0 saturated heterocycles. The van der Waals surface area contributed by atoms with E-state index < -0.39 is 0 Å². The van der Waals surface area contributed by atoms with E-state index in [1.807, 2.05) is 18.2 Å². The number of nitriles is 1. The molecule has 1 aliphatic rings. The molecule has 0 radical (unpaired) electrons. The average Bonchev–Trinajstić information content (AvgIpc) is 2.19. The van der Waals surface area contributed by atoms with E-state index in [0.717, 1.165) is 5.56 Å². The first-order valence-electron chi connectivity index (χ1n) is 4.28. The molecule has 0 bridgehead atoms. The van der Waals surface area contributed by atoms with Crippen LogP contribution in [0, 0.1) is 11.3 Å². The SMILES string of the molecule is CC1NC=C(C#N)c2ccccc21. The molecule has 64 valence electrons. The molecule has 0 amide bonds. The standard InChI is InChI=1S/C11H10N2/c1-8-10-4-2-3-5-11(10)9(6-12)7-13-8/h2-5,7-8,13H,1H3. The third-order valence-electron chi connectivity index (χ3n) is 2.32. The van der Waals surface area contributed by atoms with E-state index in [9.17, 15) is 0 Å². The van der Waals surface area contributed by atoms with Crippen LogP contribution in [0.2, 0.25) is 0 Å². The Morgan fingerprint density at radius 2 is 2.15 bits per heavy atom. The Balaban J connectivity index is 2.60. The molecule has 1 N–H and O–H groups in total. The van der Waals surface area contributed by atoms with Crippen LogP contribution in [0.4, 0.5) is 0 Å². The minimum atomic E-state index is 0.299. The maximum absolute atomic E-state index is 8.87. The molecule has 0 saturated carbocycles. The first-order valence-corrected chi connectivity index (χ1v) is 4.28. The number of fused-ring (bicyclic) bond motifs is 1. The van der Waals surface area contributed by atoms with Gasteiger partial charge in [-0.25, -0.2) is 0 Å². The van der Waals surface area contributed by atoms with Crippen molar-refractivity contribution in [3.05, 3.63) is 41.6 Å². The van der Waals surface area contributed by atoms with Gasteiger partial charge >= 0.3 is 0 Å². The van der Waals surface area contributed by atoms with E-state index in [2.05, 4.69) is 24.4 Å². The van der Waals surface area contributed by atoms with Crippen LogP contribution in [-0.4, -0.2) is 0 Å². The fourth-order valence-corrected chi connectivity index (χ4v) is 1.59. The highest BCUT2D eigenvalue weighted by molar-refractivity contribution is 5.79. The molecule has 13 heavy (non-hydrogen) atoms. The predicted molar refractivity (Wildman–Crippen MR) is 51.6 cm³/mol. The molecule has 1 atom stereocenters. The third-order valence-corrected chi connectivity index (χ3v) is 2.32. The molecule has 0 spiro atoms. The van der Waals surface area contributed by atoms with Gasteiger partial charge in [-0.3, -0.25) is 0 Å². The molecule has 1 aromatic carbocycles. The summed E-state index contributed by atoms with van der Waals surface area (Å²) >= 11 is 0. The molecule has 0 fully saturated rings. The molecule has 2 rings (SSSR count). The minimum absolute atomic E-state index is 0.299. The first-order chi connectivity index (χ1) is 6.33. The largest absolute Gasteiger partial charge is 0.383 e. The van der Waals surface area contributed by atoms with Crippen molar-refractivity contribution < 1.29 is 0 Å². The number of hydrogen-bond acceptors (Lipinski definition) is 2. The van der Waals surface area contributed by atoms with Crippen LogP contribution >= 0.6 is 0 Å². The minimum Gasteiger partial charge on any atom is -0.383 e. The third kappa shape index (κ3) is 1.19. The summed E-state index contributed by atoms with van der Waals surface area (Å²) in [6, 6.07) is 10.5. The lowest BCUT2D eigenvalue weighted by Gasteiger charge is -2.21. The number of allylic oxidation sites excluding steroid dienone is 1. The van der Waals surface area contributed by atoms with Gasteiger partial charge in [0.2, 0.25) is 0 Å². The highest BCUT2D eigenvalue weighted by Gasteiger charge is 2.16. The summed E-state index contributed by atoms with van der Waals surface area (Å²) < 4.78 is 0. The van der Waals surface area contributed by atoms with E-state index in [4.69, 9.17) is 5.26 Å². The van der Waals surface area contributed by atoms with Crippen molar-refractivity contribution in [2.75, 3.05) is 0 Å². The van der Waals surface area contributed by atoms with Crippen LogP contribution in [0.1, 0.15) is 24.1 Å². The highest BCUT2D eigenvalue weighted by Crippen LogP contribution is 2.27. The van der Waals surface area contributed by atoms with Crippen LogP contribution in [0.3, 0.4) is 0 Å². The van der Waals surface area contributed by atoms with Gasteiger partial charge in [0, 0.05) is 12.2 Å². The zero-order valence-corrected chi connectivity index (χ0v) is 7.41. The first kappa shape index (κ1) is 7.88. The number of hydrogen-bond donors (Lipinski definition) is 1. The van der Waals surface area contributed by atoms with Crippen molar-refractivity contribution in [2.45, 2.75) is 13.0 Å². The Bertz CT molecular complexity index is 399. The number of benzene rings is 1. The Labute approximate surface area is 77.5 Å². The summed E-state index contributed by atoms with van der Waals surface area (Å²) in [7, 11) is 0. The van der Waals surface area contributed by atoms with Crippen LogP contribution in [-0.2, 0) is 0 Å². The van der Waals surface area contributed by atoms with Crippen LogP contribution in [0.5, 0.6) is 0 Å². The monoisotopic (exact) mass is 170 g/mol. The van der Waals surface area contributed by atoms with E-state index >= 15 is 0 Å². The molecule has 1 unspecified atom stereocenters. The number of rotatable bonds is 0. The molecular weight excluding hydrogens is 160 g/mol. The van der Waals surface area contributed by atoms with Crippen molar-refractivity contribution >= 4 is 5.57 Å². The second-order valence-electron chi connectivity index (χ2n) is 3.15. The van der Waals surface area contributed by atoms with Gasteiger partial charge in [0.05, 0.1) is 5.57 Å². The second kappa shape index (κ2) is 2.95. The van der Waals surface area contributed by atoms with E-state index in [1.165, 1.54) is 5.56 Å². The van der Waals surface area contributed by atoms with Crippen molar-refractivity contribution in [2.24, 2.45) is 0 Å². The van der Waals surface area contributed by atoms with Crippen molar-refractivity contribution in [3.8, 4) is 6.07 Å². The smallest absolute Gasteiger partial charge is 0.101 e. The Hall–Kier alpha value is -1.75. The van der Waals surface area contributed by atoms with E-state index in [0.29, 0.717) is 11.6 Å². The van der Waals surface area contributed by atoms with Gasteiger partial charge in [0.15, 0.2) is 0 Å². The van der Waals surface area contributed by atoms with Crippen LogP contribution in [0.25, 0.3) is 5.57 Å². The molecule has 0 aliphatic carbocycles. The summed E-state index contributed by atoms with van der Waals surface area (Å²) in [5, 5.41) is 12.0. The number of nitrogens with one attached hydrogen (secondary N) is 1. The summed E-state index contributed by atoms with van der Waals surface area (Å²) in [4.78, 5) is 0. The quantitative estimate of drug-likeness (QED) is 0.648. The van der Waals surface area contributed by atoms with Gasteiger partial charge in [-0.15, -0.1) is 0 Å². The van der Waals surface area contributed by atoms with Gasteiger partial charge in [-0.05, 0) is 18.1 Å². The van der Waals surface area contributed by atoms with E-state index in [-0.39, 0.29) is 0 Å². The maximum atomic E-state index is 8.87. The lowest BCUT2D eigenvalue weighted by atomic mass is 9.94. The normalized spacial score (nSPS) is 19.4. The second-order valence-corrected chi connectivity index (χ2v) is 3.15. The predicted octanol–water partition coefficient (Wildman–Crippen LogP) is 2.22. The van der Waals surface area contributed by atoms with Gasteiger partial charge in [-0.2, -0.15) is 5.26 Å². The van der Waals surface area contributed by atoms with Crippen molar-refractivity contribution in [1.29, 1.82) is 5.26 Å². The zero-order valence-electron chi connectivity index (χ0n) is 7.41. The van der Waals surface area contributed by atoms with Crippen molar-refractivity contribution in [3.63, 3.8) is 0 Å². The molecule has 1 aliphatic heterocycles. The Kier molecular flexibility index (Phi) is 1.79. The lowest BCUT2D eigenvalue weighted by molar-refractivity contribution is 0.676. The van der Waals surface area contributed by atoms with Gasteiger partial charge in [0.1, 0.15) is 6.07 Å². The number of nitrogens with zero attached hydrogens (tertiary/aromatic N) is 1. The topological polar surface area (TPSA) is 35.8 Å². The summed E-state index contributed by atoms with van der Waals surface area (Å²) in [5.74, 6) is 0. The molecule has 2 heteroatoms. The Morgan fingerprint density at radius 1 is 1.38 bits per heavy atom. The molecule has 1 heterocycles. The lowest BCUT2D eigenvalue weighted by Crippen LogP contribution is -2.18. The summed E-state index contributed by atoms with van der Waals surface area (Å²) in [5.41, 5.74) is 2.96. The molecule has 1 aromatic rings. The van der Waals surface area contributed by atoms with Gasteiger partial charge < -0.3 is 5.32 Å². The zero-order chi connectivity index (χ0) is 9.26. The molecule has 2 nitrogen and oxygen atoms in total. The van der Waals surface area contributed by atoms with Crippen LogP contribution < -0.4 is 5.32 Å². The fraction of sp³-hybridized carbons (Fsp3) is 0.182.